The van der Waals surface area contributed by atoms with Gasteiger partial charge in [-0.3, -0.25) is 10.1 Å². The quantitative estimate of drug-likeness (QED) is 0.448. The van der Waals surface area contributed by atoms with E-state index in [4.69, 9.17) is 4.42 Å². The van der Waals surface area contributed by atoms with E-state index < -0.39 is 15.9 Å². The molecule has 0 saturated carbocycles. The molecule has 0 saturated heterocycles. The summed E-state index contributed by atoms with van der Waals surface area (Å²) in [5, 5.41) is 10.3. The smallest absolute Gasteiger partial charge is 0.322 e. The molecule has 8 nitrogen and oxygen atoms in total. The number of halogens is 1. The minimum Gasteiger partial charge on any atom is -0.402 e. The third kappa shape index (κ3) is 5.15. The summed E-state index contributed by atoms with van der Waals surface area (Å²) in [5.41, 5.74) is 0.282. The molecule has 0 bridgehead atoms. The van der Waals surface area contributed by atoms with Crippen LogP contribution in [0.25, 0.3) is 10.8 Å². The van der Waals surface area contributed by atoms with Crippen LogP contribution in [-0.4, -0.2) is 41.9 Å². The maximum Gasteiger partial charge on any atom is 0.322 e. The summed E-state index contributed by atoms with van der Waals surface area (Å²) < 4.78 is 33.4. The van der Waals surface area contributed by atoms with Gasteiger partial charge in [-0.25, -0.2) is 8.42 Å². The lowest BCUT2D eigenvalue weighted by molar-refractivity contribution is 0.102. The second kappa shape index (κ2) is 9.82. The molecule has 160 valence electrons. The van der Waals surface area contributed by atoms with Crippen LogP contribution < -0.4 is 5.32 Å². The van der Waals surface area contributed by atoms with Crippen LogP contribution in [0.5, 0.6) is 0 Å². The van der Waals surface area contributed by atoms with Gasteiger partial charge in [0, 0.05) is 18.7 Å². The van der Waals surface area contributed by atoms with Gasteiger partial charge in [0.15, 0.2) is 0 Å². The number of hydrogen-bond donors (Lipinski definition) is 1. The van der Waals surface area contributed by atoms with E-state index in [1.807, 2.05) is 26.0 Å². The highest BCUT2D eigenvalue weighted by molar-refractivity contribution is 9.11. The first-order valence-corrected chi connectivity index (χ1v) is 12.4. The highest BCUT2D eigenvalue weighted by atomic mass is 79.9. The van der Waals surface area contributed by atoms with Gasteiger partial charge in [0.25, 0.3) is 11.8 Å². The number of anilines is 1. The Bertz CT molecular complexity index is 1110. The zero-order valence-electron chi connectivity index (χ0n) is 16.5. The van der Waals surface area contributed by atoms with E-state index in [0.29, 0.717) is 19.0 Å². The lowest BCUT2D eigenvalue weighted by atomic mass is 10.2. The molecule has 0 aliphatic heterocycles. The molecule has 0 aliphatic rings. The first kappa shape index (κ1) is 22.6. The lowest BCUT2D eigenvalue weighted by Gasteiger charge is -2.20. The van der Waals surface area contributed by atoms with Crippen molar-refractivity contribution in [2.75, 3.05) is 18.4 Å². The third-order valence-corrected chi connectivity index (χ3v) is 7.90. The molecule has 0 fully saturated rings. The maximum atomic E-state index is 12.8. The Labute approximate surface area is 187 Å². The second-order valence-corrected chi connectivity index (χ2v) is 10.7. The van der Waals surface area contributed by atoms with Gasteiger partial charge >= 0.3 is 6.01 Å². The SMILES string of the molecule is CCCCN(CC)S(=O)(=O)c1ccc(C(=O)Nc2nnc(-c3ccc(Br)s3)o2)cc1. The fourth-order valence-corrected chi connectivity index (χ4v) is 5.48. The van der Waals surface area contributed by atoms with Crippen molar-refractivity contribution >= 4 is 49.2 Å². The van der Waals surface area contributed by atoms with E-state index >= 15 is 0 Å². The molecule has 3 aromatic rings. The van der Waals surface area contributed by atoms with E-state index in [-0.39, 0.29) is 16.5 Å². The van der Waals surface area contributed by atoms with Crippen LogP contribution in [0.1, 0.15) is 37.0 Å². The van der Waals surface area contributed by atoms with Gasteiger partial charge in [-0.2, -0.15) is 4.31 Å². The number of nitrogens with one attached hydrogen (secondary N) is 1. The van der Waals surface area contributed by atoms with Crippen molar-refractivity contribution in [3.63, 3.8) is 0 Å². The van der Waals surface area contributed by atoms with Gasteiger partial charge in [-0.05, 0) is 58.7 Å². The van der Waals surface area contributed by atoms with Crippen molar-refractivity contribution in [1.82, 2.24) is 14.5 Å². The molecule has 0 unspecified atom stereocenters. The van der Waals surface area contributed by atoms with Crippen LogP contribution in [0.15, 0.2) is 49.5 Å². The summed E-state index contributed by atoms with van der Waals surface area (Å²) in [6, 6.07) is 9.44. The molecule has 2 heterocycles. The molecule has 1 N–H and O–H groups in total. The van der Waals surface area contributed by atoms with E-state index in [0.717, 1.165) is 21.5 Å². The van der Waals surface area contributed by atoms with Crippen molar-refractivity contribution in [3.05, 3.63) is 45.7 Å². The number of carbonyl (C=O) groups excluding carboxylic acids is 1. The predicted molar refractivity (Wildman–Crippen MR) is 119 cm³/mol. The monoisotopic (exact) mass is 512 g/mol. The number of amides is 1. The summed E-state index contributed by atoms with van der Waals surface area (Å²) in [5.74, 6) is -0.172. The number of rotatable bonds is 9. The zero-order chi connectivity index (χ0) is 21.7. The number of unbranched alkanes of at least 4 members (excludes halogenated alkanes) is 1. The van der Waals surface area contributed by atoms with Gasteiger partial charge in [0.2, 0.25) is 10.0 Å². The molecule has 0 radical (unpaired) electrons. The third-order valence-electron chi connectivity index (χ3n) is 4.30. The molecule has 11 heteroatoms. The largest absolute Gasteiger partial charge is 0.402 e. The second-order valence-electron chi connectivity index (χ2n) is 6.34. The number of aromatic nitrogens is 2. The van der Waals surface area contributed by atoms with Crippen LogP contribution in [-0.2, 0) is 10.0 Å². The number of hydrogen-bond acceptors (Lipinski definition) is 7. The summed E-state index contributed by atoms with van der Waals surface area (Å²) in [6.07, 6.45) is 1.70. The van der Waals surface area contributed by atoms with Crippen LogP contribution in [0.3, 0.4) is 0 Å². The fourth-order valence-electron chi connectivity index (χ4n) is 2.68. The molecular weight excluding hydrogens is 492 g/mol. The average Bonchev–Trinajstić information content (AvgIpc) is 3.37. The van der Waals surface area contributed by atoms with Gasteiger partial charge in [0.1, 0.15) is 0 Å². The zero-order valence-corrected chi connectivity index (χ0v) is 19.7. The standard InChI is InChI=1S/C19H21BrN4O4S2/c1-3-5-12-24(4-2)30(26,27)14-8-6-13(7-9-14)17(25)21-19-23-22-18(28-19)15-10-11-16(20)29-15/h6-11H,3-5,12H2,1-2H3,(H,21,23,25). The molecule has 1 amide bonds. The minimum absolute atomic E-state index is 0.0343. The summed E-state index contributed by atoms with van der Waals surface area (Å²) in [4.78, 5) is 13.4. The van der Waals surface area contributed by atoms with Gasteiger partial charge in [-0.15, -0.1) is 16.4 Å². The van der Waals surface area contributed by atoms with E-state index in [1.54, 1.807) is 0 Å². The average molecular weight is 513 g/mol. The Hall–Kier alpha value is -2.08. The van der Waals surface area contributed by atoms with Crippen molar-refractivity contribution in [3.8, 4) is 10.8 Å². The van der Waals surface area contributed by atoms with Crippen molar-refractivity contribution < 1.29 is 17.6 Å². The predicted octanol–water partition coefficient (Wildman–Crippen LogP) is 4.62. The number of benzene rings is 1. The highest BCUT2D eigenvalue weighted by Crippen LogP contribution is 2.31. The normalized spacial score (nSPS) is 11.7. The van der Waals surface area contributed by atoms with Gasteiger partial charge in [-0.1, -0.05) is 25.4 Å². The Balaban J connectivity index is 1.70. The molecule has 0 spiro atoms. The minimum atomic E-state index is -3.59. The molecule has 0 atom stereocenters. The lowest BCUT2D eigenvalue weighted by Crippen LogP contribution is -2.31. The summed E-state index contributed by atoms with van der Waals surface area (Å²) >= 11 is 4.79. The van der Waals surface area contributed by atoms with E-state index in [9.17, 15) is 13.2 Å². The molecule has 3 rings (SSSR count). The summed E-state index contributed by atoms with van der Waals surface area (Å²) in [7, 11) is -3.59. The fraction of sp³-hybridized carbons (Fsp3) is 0.316. The Kier molecular flexibility index (Phi) is 7.40. The Morgan fingerprint density at radius 3 is 2.50 bits per heavy atom. The first-order valence-electron chi connectivity index (χ1n) is 9.36. The van der Waals surface area contributed by atoms with E-state index in [1.165, 1.54) is 39.9 Å². The molecule has 0 aliphatic carbocycles. The number of sulfonamides is 1. The van der Waals surface area contributed by atoms with Gasteiger partial charge in [0.05, 0.1) is 13.6 Å². The first-order chi connectivity index (χ1) is 14.3. The van der Waals surface area contributed by atoms with Crippen LogP contribution >= 0.6 is 27.3 Å². The molecule has 2 aromatic heterocycles. The Morgan fingerprint density at radius 2 is 1.90 bits per heavy atom. The molecule has 30 heavy (non-hydrogen) atoms. The number of carbonyl (C=O) groups is 1. The van der Waals surface area contributed by atoms with Crippen LogP contribution in [0.2, 0.25) is 0 Å². The van der Waals surface area contributed by atoms with Gasteiger partial charge < -0.3 is 4.42 Å². The van der Waals surface area contributed by atoms with Crippen LogP contribution in [0.4, 0.5) is 6.01 Å². The number of nitrogens with zero attached hydrogens (tertiary/aromatic N) is 3. The van der Waals surface area contributed by atoms with E-state index in [2.05, 4.69) is 31.4 Å². The van der Waals surface area contributed by atoms with Crippen molar-refractivity contribution in [2.45, 2.75) is 31.6 Å². The maximum absolute atomic E-state index is 12.8. The topological polar surface area (TPSA) is 105 Å². The molecular formula is C19H21BrN4O4S2. The van der Waals surface area contributed by atoms with Crippen molar-refractivity contribution in [1.29, 1.82) is 0 Å². The number of thiophene rings is 1. The summed E-state index contributed by atoms with van der Waals surface area (Å²) in [6.45, 7) is 4.69. The highest BCUT2D eigenvalue weighted by Gasteiger charge is 2.23. The van der Waals surface area contributed by atoms with Crippen LogP contribution in [0, 0.1) is 0 Å². The van der Waals surface area contributed by atoms with Crippen molar-refractivity contribution in [2.24, 2.45) is 0 Å². The molecule has 1 aromatic carbocycles. The Morgan fingerprint density at radius 1 is 1.17 bits per heavy atom.